The van der Waals surface area contributed by atoms with Gasteiger partial charge in [0.1, 0.15) is 0 Å². The first kappa shape index (κ1) is 15.1. The molecule has 7 heteroatoms. The maximum Gasteiger partial charge on any atom is 0.314 e. The van der Waals surface area contributed by atoms with Crippen molar-refractivity contribution in [3.05, 3.63) is 0 Å². The fourth-order valence-electron chi connectivity index (χ4n) is 2.72. The lowest BCUT2D eigenvalue weighted by Gasteiger charge is -2.34. The van der Waals surface area contributed by atoms with Crippen molar-refractivity contribution in [1.82, 2.24) is 10.2 Å². The molecule has 4 N–H and O–H groups in total. The summed E-state index contributed by atoms with van der Waals surface area (Å²) in [5.74, 6) is -0.351. The van der Waals surface area contributed by atoms with E-state index in [9.17, 15) is 14.7 Å². The van der Waals surface area contributed by atoms with Gasteiger partial charge in [0.2, 0.25) is 5.91 Å². The summed E-state index contributed by atoms with van der Waals surface area (Å²) in [7, 11) is 0. The zero-order valence-corrected chi connectivity index (χ0v) is 11.6. The second-order valence-corrected chi connectivity index (χ2v) is 5.68. The van der Waals surface area contributed by atoms with E-state index >= 15 is 0 Å². The standard InChI is InChI=1S/C13H23N3O4/c14-12(18)16-5-1-2-10(8-16)11(17)15-9-13(19)3-6-20-7-4-13/h10,19H,1-9H2,(H2,14,18)(H,15,17). The first-order valence-electron chi connectivity index (χ1n) is 7.12. The molecule has 0 aromatic rings. The summed E-state index contributed by atoms with van der Waals surface area (Å²) < 4.78 is 5.20. The van der Waals surface area contributed by atoms with E-state index in [-0.39, 0.29) is 18.4 Å². The summed E-state index contributed by atoms with van der Waals surface area (Å²) >= 11 is 0. The van der Waals surface area contributed by atoms with Gasteiger partial charge < -0.3 is 25.8 Å². The molecule has 0 aromatic carbocycles. The highest BCUT2D eigenvalue weighted by Gasteiger charge is 2.32. The minimum Gasteiger partial charge on any atom is -0.388 e. The first-order chi connectivity index (χ1) is 9.50. The van der Waals surface area contributed by atoms with E-state index < -0.39 is 11.6 Å². The molecule has 2 aliphatic rings. The maximum absolute atomic E-state index is 12.1. The van der Waals surface area contributed by atoms with Crippen molar-refractivity contribution in [3.63, 3.8) is 0 Å². The smallest absolute Gasteiger partial charge is 0.314 e. The highest BCUT2D eigenvalue weighted by atomic mass is 16.5. The van der Waals surface area contributed by atoms with Gasteiger partial charge in [0, 0.05) is 45.7 Å². The highest BCUT2D eigenvalue weighted by Crippen LogP contribution is 2.20. The fourth-order valence-corrected chi connectivity index (χ4v) is 2.72. The van der Waals surface area contributed by atoms with Crippen molar-refractivity contribution in [2.24, 2.45) is 11.7 Å². The monoisotopic (exact) mass is 285 g/mol. The van der Waals surface area contributed by atoms with E-state index in [1.807, 2.05) is 0 Å². The second-order valence-electron chi connectivity index (χ2n) is 5.68. The summed E-state index contributed by atoms with van der Waals surface area (Å²) in [6.45, 7) is 2.25. The number of ether oxygens (including phenoxy) is 1. The molecule has 20 heavy (non-hydrogen) atoms. The van der Waals surface area contributed by atoms with Gasteiger partial charge in [0.15, 0.2) is 0 Å². The molecule has 0 saturated carbocycles. The minimum absolute atomic E-state index is 0.115. The second kappa shape index (κ2) is 6.41. The molecule has 7 nitrogen and oxygen atoms in total. The van der Waals surface area contributed by atoms with E-state index in [2.05, 4.69) is 5.32 Å². The van der Waals surface area contributed by atoms with Crippen LogP contribution in [0, 0.1) is 5.92 Å². The molecule has 2 aliphatic heterocycles. The number of carbonyl (C=O) groups excluding carboxylic acids is 2. The van der Waals surface area contributed by atoms with Gasteiger partial charge in [0.05, 0.1) is 11.5 Å². The van der Waals surface area contributed by atoms with Gasteiger partial charge in [-0.3, -0.25) is 4.79 Å². The lowest BCUT2D eigenvalue weighted by Crippen LogP contribution is -2.51. The number of nitrogens with two attached hydrogens (primary N) is 1. The van der Waals surface area contributed by atoms with Crippen molar-refractivity contribution in [3.8, 4) is 0 Å². The number of piperidine rings is 1. The minimum atomic E-state index is -0.869. The third-order valence-corrected chi connectivity index (χ3v) is 4.12. The van der Waals surface area contributed by atoms with Gasteiger partial charge in [-0.05, 0) is 12.8 Å². The molecule has 1 unspecified atom stereocenters. The number of primary amides is 1. The molecule has 2 fully saturated rings. The Kier molecular flexibility index (Phi) is 4.82. The van der Waals surface area contributed by atoms with Gasteiger partial charge in [-0.15, -0.1) is 0 Å². The van der Waals surface area contributed by atoms with Crippen molar-refractivity contribution in [1.29, 1.82) is 0 Å². The van der Waals surface area contributed by atoms with Crippen molar-refractivity contribution in [2.75, 3.05) is 32.8 Å². The number of rotatable bonds is 3. The molecule has 114 valence electrons. The first-order valence-corrected chi connectivity index (χ1v) is 7.12. The van der Waals surface area contributed by atoms with Crippen LogP contribution in [0.2, 0.25) is 0 Å². The molecule has 0 radical (unpaired) electrons. The van der Waals surface area contributed by atoms with E-state index in [1.165, 1.54) is 4.90 Å². The van der Waals surface area contributed by atoms with Crippen LogP contribution >= 0.6 is 0 Å². The summed E-state index contributed by atoms with van der Waals surface area (Å²) in [6.07, 6.45) is 2.59. The van der Waals surface area contributed by atoms with E-state index in [0.717, 1.165) is 12.8 Å². The normalized spacial score (nSPS) is 26.1. The average Bonchev–Trinajstić information content (AvgIpc) is 2.46. The van der Waals surface area contributed by atoms with E-state index in [4.69, 9.17) is 10.5 Å². The van der Waals surface area contributed by atoms with E-state index in [0.29, 0.717) is 39.1 Å². The predicted molar refractivity (Wildman–Crippen MR) is 71.9 cm³/mol. The molecule has 0 aromatic heterocycles. The molecule has 0 bridgehead atoms. The van der Waals surface area contributed by atoms with Gasteiger partial charge in [0.25, 0.3) is 0 Å². The van der Waals surface area contributed by atoms with Crippen LogP contribution in [0.25, 0.3) is 0 Å². The Morgan fingerprint density at radius 3 is 2.75 bits per heavy atom. The zero-order valence-electron chi connectivity index (χ0n) is 11.6. The number of carbonyl (C=O) groups is 2. The summed E-state index contributed by atoms with van der Waals surface area (Å²) in [4.78, 5) is 24.8. The lowest BCUT2D eigenvalue weighted by atomic mass is 9.93. The van der Waals surface area contributed by atoms with Crippen LogP contribution in [0.3, 0.4) is 0 Å². The number of aliphatic hydroxyl groups is 1. The molecule has 0 aliphatic carbocycles. The number of nitrogens with one attached hydrogen (secondary N) is 1. The lowest BCUT2D eigenvalue weighted by molar-refractivity contribution is -0.129. The molecule has 1 atom stereocenters. The number of hydrogen-bond acceptors (Lipinski definition) is 4. The topological polar surface area (TPSA) is 105 Å². The van der Waals surface area contributed by atoms with Crippen molar-refractivity contribution < 1.29 is 19.4 Å². The quantitative estimate of drug-likeness (QED) is 0.646. The molecule has 2 heterocycles. The molecule has 0 spiro atoms. The van der Waals surface area contributed by atoms with Crippen LogP contribution in [0.4, 0.5) is 4.79 Å². The Morgan fingerprint density at radius 1 is 1.40 bits per heavy atom. The Labute approximate surface area is 118 Å². The number of nitrogens with zero attached hydrogens (tertiary/aromatic N) is 1. The molecule has 3 amide bonds. The summed E-state index contributed by atoms with van der Waals surface area (Å²) in [5, 5.41) is 13.1. The SMILES string of the molecule is NC(=O)N1CCCC(C(=O)NCC2(O)CCOCC2)C1. The van der Waals surface area contributed by atoms with Crippen LogP contribution in [0.1, 0.15) is 25.7 Å². The summed E-state index contributed by atoms with van der Waals surface area (Å²) in [5.41, 5.74) is 4.37. The van der Waals surface area contributed by atoms with Crippen LogP contribution in [-0.4, -0.2) is 60.4 Å². The van der Waals surface area contributed by atoms with Crippen LogP contribution in [-0.2, 0) is 9.53 Å². The Bertz CT molecular complexity index is 369. The van der Waals surface area contributed by atoms with Crippen LogP contribution < -0.4 is 11.1 Å². The Balaban J connectivity index is 1.80. The van der Waals surface area contributed by atoms with Gasteiger partial charge >= 0.3 is 6.03 Å². The van der Waals surface area contributed by atoms with Crippen LogP contribution in [0.5, 0.6) is 0 Å². The fraction of sp³-hybridized carbons (Fsp3) is 0.846. The average molecular weight is 285 g/mol. The molecule has 2 saturated heterocycles. The van der Waals surface area contributed by atoms with Crippen molar-refractivity contribution in [2.45, 2.75) is 31.3 Å². The van der Waals surface area contributed by atoms with Gasteiger partial charge in [-0.1, -0.05) is 0 Å². The zero-order chi connectivity index (χ0) is 14.6. The van der Waals surface area contributed by atoms with Crippen molar-refractivity contribution >= 4 is 11.9 Å². The van der Waals surface area contributed by atoms with Crippen LogP contribution in [0.15, 0.2) is 0 Å². The third-order valence-electron chi connectivity index (χ3n) is 4.12. The number of urea groups is 1. The molecule has 2 rings (SSSR count). The van der Waals surface area contributed by atoms with E-state index in [1.54, 1.807) is 0 Å². The highest BCUT2D eigenvalue weighted by molar-refractivity contribution is 5.80. The van der Waals surface area contributed by atoms with Gasteiger partial charge in [-0.2, -0.15) is 0 Å². The largest absolute Gasteiger partial charge is 0.388 e. The third kappa shape index (κ3) is 3.83. The Morgan fingerprint density at radius 2 is 2.10 bits per heavy atom. The maximum atomic E-state index is 12.1. The molecular formula is C13H23N3O4. The number of hydrogen-bond donors (Lipinski definition) is 3. The number of likely N-dealkylation sites (tertiary alicyclic amines) is 1. The van der Waals surface area contributed by atoms with Gasteiger partial charge in [-0.25, -0.2) is 4.79 Å². The summed E-state index contributed by atoms with van der Waals surface area (Å²) in [6, 6.07) is -0.481. The number of amides is 3. The predicted octanol–water partition coefficient (Wildman–Crippen LogP) is -0.565. The Hall–Kier alpha value is -1.34. The molecular weight excluding hydrogens is 262 g/mol.